The molecular weight excluding hydrogens is 424 g/mol. The van der Waals surface area contributed by atoms with Gasteiger partial charge in [-0.2, -0.15) is 0 Å². The van der Waals surface area contributed by atoms with Gasteiger partial charge in [-0.25, -0.2) is 9.59 Å². The Kier molecular flexibility index (Phi) is 9.26. The smallest absolute Gasteiger partial charge is 0.339 e. The molecule has 0 bridgehead atoms. The third kappa shape index (κ3) is 5.67. The van der Waals surface area contributed by atoms with Crippen LogP contribution in [0.4, 0.5) is 0 Å². The van der Waals surface area contributed by atoms with E-state index in [1.54, 1.807) is 0 Å². The number of hydrogen-bond acceptors (Lipinski definition) is 4. The van der Waals surface area contributed by atoms with Crippen LogP contribution in [0.15, 0.2) is 67.0 Å². The van der Waals surface area contributed by atoms with Gasteiger partial charge >= 0.3 is 11.3 Å². The number of rotatable bonds is 8. The highest BCUT2D eigenvalue weighted by atomic mass is 16.4. The minimum atomic E-state index is -0.158. The zero-order valence-corrected chi connectivity index (χ0v) is 20.9. The van der Waals surface area contributed by atoms with Crippen LogP contribution in [0.3, 0.4) is 0 Å². The van der Waals surface area contributed by atoms with E-state index in [2.05, 4.69) is 27.7 Å². The second kappa shape index (κ2) is 12.4. The number of para-hydroxylation sites is 2. The number of benzene rings is 2. The van der Waals surface area contributed by atoms with E-state index < -0.39 is 0 Å². The summed E-state index contributed by atoms with van der Waals surface area (Å²) in [6.07, 6.45) is 7.54. The fraction of sp³-hybridized carbons (Fsp3) is 0.400. The number of hydrogen-bond donors (Lipinski definition) is 0. The van der Waals surface area contributed by atoms with Gasteiger partial charge in [-0.05, 0) is 48.9 Å². The van der Waals surface area contributed by atoms with Crippen molar-refractivity contribution in [2.75, 3.05) is 0 Å². The molecule has 2 heterocycles. The van der Waals surface area contributed by atoms with Crippen LogP contribution in [0.1, 0.15) is 75.6 Å². The molecule has 0 radical (unpaired) electrons. The molecule has 4 rings (SSSR count). The Labute approximate surface area is 201 Å². The second-order valence-corrected chi connectivity index (χ2v) is 8.69. The summed E-state index contributed by atoms with van der Waals surface area (Å²) in [5.41, 5.74) is 5.20. The summed E-state index contributed by atoms with van der Waals surface area (Å²) in [4.78, 5) is 23.9. The van der Waals surface area contributed by atoms with E-state index in [1.807, 2.05) is 48.5 Å². The van der Waals surface area contributed by atoms with Crippen molar-refractivity contribution in [3.05, 3.63) is 91.6 Å². The maximum Gasteiger partial charge on any atom is 0.339 e. The molecule has 0 fully saturated rings. The average molecular weight is 461 g/mol. The molecule has 0 aliphatic carbocycles. The Morgan fingerprint density at radius 2 is 0.824 bits per heavy atom. The summed E-state index contributed by atoms with van der Waals surface area (Å²) >= 11 is 0. The Bertz CT molecular complexity index is 1240. The molecule has 0 atom stereocenters. The molecule has 180 valence electrons. The van der Waals surface area contributed by atoms with Crippen molar-refractivity contribution in [2.24, 2.45) is 0 Å². The van der Waals surface area contributed by atoms with Crippen molar-refractivity contribution in [1.82, 2.24) is 0 Å². The maximum absolute atomic E-state index is 12.0. The summed E-state index contributed by atoms with van der Waals surface area (Å²) in [6.45, 7) is 8.45. The summed E-state index contributed by atoms with van der Waals surface area (Å²) in [7, 11) is 0. The van der Waals surface area contributed by atoms with Crippen LogP contribution in [0.5, 0.6) is 0 Å². The van der Waals surface area contributed by atoms with Crippen LogP contribution in [-0.4, -0.2) is 0 Å². The van der Waals surface area contributed by atoms with E-state index in [4.69, 9.17) is 8.83 Å². The second-order valence-electron chi connectivity index (χ2n) is 8.69. The molecule has 4 heteroatoms. The highest BCUT2D eigenvalue weighted by Gasteiger charge is 2.13. The Balaban J connectivity index is 0.000000191. The standard InChI is InChI=1S/2C15H18O2/c2*1-3-7-11-12-9-5-6-10-14(12)17-15(16)13(11)8-4-2/h2*5-6,9-10H,3-4,7-8H2,1-2H3. The molecule has 0 aliphatic heterocycles. The minimum absolute atomic E-state index is 0.158. The first-order valence-corrected chi connectivity index (χ1v) is 12.6. The summed E-state index contributed by atoms with van der Waals surface area (Å²) in [5, 5.41) is 2.19. The Morgan fingerprint density at radius 1 is 0.500 bits per heavy atom. The van der Waals surface area contributed by atoms with Crippen LogP contribution < -0.4 is 11.3 Å². The fourth-order valence-corrected chi connectivity index (χ4v) is 4.58. The first kappa shape index (κ1) is 25.5. The largest absolute Gasteiger partial charge is 0.423 e. The van der Waals surface area contributed by atoms with Crippen LogP contribution in [0.2, 0.25) is 0 Å². The fourth-order valence-electron chi connectivity index (χ4n) is 4.58. The average Bonchev–Trinajstić information content (AvgIpc) is 2.84. The summed E-state index contributed by atoms with van der Waals surface area (Å²) in [5.74, 6) is 0. The van der Waals surface area contributed by atoms with Crippen LogP contribution in [-0.2, 0) is 25.7 Å². The molecule has 0 saturated carbocycles. The van der Waals surface area contributed by atoms with Gasteiger partial charge in [0.1, 0.15) is 11.2 Å². The SMILES string of the molecule is CCCc1c(CCC)c2ccccc2oc1=O.CCCc1c(CCC)c2ccccc2oc1=O. The highest BCUT2D eigenvalue weighted by Crippen LogP contribution is 2.23. The van der Waals surface area contributed by atoms with Gasteiger partial charge in [-0.15, -0.1) is 0 Å². The van der Waals surface area contributed by atoms with Gasteiger partial charge in [0, 0.05) is 21.9 Å². The van der Waals surface area contributed by atoms with Gasteiger partial charge < -0.3 is 8.83 Å². The van der Waals surface area contributed by atoms with E-state index in [0.29, 0.717) is 11.2 Å². The predicted octanol–water partition coefficient (Wildman–Crippen LogP) is 7.40. The summed E-state index contributed by atoms with van der Waals surface area (Å²) < 4.78 is 10.8. The van der Waals surface area contributed by atoms with Gasteiger partial charge in [0.2, 0.25) is 0 Å². The number of fused-ring (bicyclic) bond motifs is 2. The topological polar surface area (TPSA) is 60.4 Å². The van der Waals surface area contributed by atoms with Crippen molar-refractivity contribution in [3.8, 4) is 0 Å². The van der Waals surface area contributed by atoms with E-state index in [1.165, 1.54) is 11.1 Å². The van der Waals surface area contributed by atoms with Crippen LogP contribution >= 0.6 is 0 Å². The van der Waals surface area contributed by atoms with Gasteiger partial charge in [-0.3, -0.25) is 0 Å². The van der Waals surface area contributed by atoms with Crippen LogP contribution in [0, 0.1) is 0 Å². The van der Waals surface area contributed by atoms with E-state index >= 15 is 0 Å². The van der Waals surface area contributed by atoms with Gasteiger partial charge in [0.15, 0.2) is 0 Å². The van der Waals surface area contributed by atoms with Crippen molar-refractivity contribution >= 4 is 21.9 Å². The summed E-state index contributed by atoms with van der Waals surface area (Å²) in [6, 6.07) is 15.6. The molecule has 4 aromatic rings. The van der Waals surface area contributed by atoms with E-state index in [0.717, 1.165) is 73.3 Å². The maximum atomic E-state index is 12.0. The molecule has 4 nitrogen and oxygen atoms in total. The zero-order chi connectivity index (χ0) is 24.5. The lowest BCUT2D eigenvalue weighted by atomic mass is 9.98. The molecule has 0 spiro atoms. The lowest BCUT2D eigenvalue weighted by molar-refractivity contribution is 0.545. The molecule has 0 N–H and O–H groups in total. The van der Waals surface area contributed by atoms with Crippen molar-refractivity contribution in [3.63, 3.8) is 0 Å². The first-order valence-electron chi connectivity index (χ1n) is 12.6. The third-order valence-corrected chi connectivity index (χ3v) is 6.05. The lowest BCUT2D eigenvalue weighted by Crippen LogP contribution is -2.11. The number of aryl methyl sites for hydroxylation is 2. The van der Waals surface area contributed by atoms with E-state index in [9.17, 15) is 9.59 Å². The molecular formula is C30H36O4. The van der Waals surface area contributed by atoms with Crippen LogP contribution in [0.25, 0.3) is 21.9 Å². The zero-order valence-electron chi connectivity index (χ0n) is 20.9. The Hall–Kier alpha value is -3.14. The molecule has 0 aliphatic rings. The monoisotopic (exact) mass is 460 g/mol. The first-order chi connectivity index (χ1) is 16.5. The minimum Gasteiger partial charge on any atom is -0.423 e. The van der Waals surface area contributed by atoms with Crippen molar-refractivity contribution in [1.29, 1.82) is 0 Å². The molecule has 0 amide bonds. The lowest BCUT2D eigenvalue weighted by Gasteiger charge is -2.09. The predicted molar refractivity (Wildman–Crippen MR) is 141 cm³/mol. The molecule has 2 aromatic heterocycles. The third-order valence-electron chi connectivity index (χ3n) is 6.05. The quantitative estimate of drug-likeness (QED) is 0.257. The van der Waals surface area contributed by atoms with E-state index in [-0.39, 0.29) is 11.3 Å². The molecule has 2 aromatic carbocycles. The Morgan fingerprint density at radius 3 is 1.18 bits per heavy atom. The molecule has 0 unspecified atom stereocenters. The molecule has 0 saturated heterocycles. The molecule has 34 heavy (non-hydrogen) atoms. The van der Waals surface area contributed by atoms with Crippen molar-refractivity contribution < 1.29 is 8.83 Å². The van der Waals surface area contributed by atoms with Gasteiger partial charge in [0.05, 0.1) is 0 Å². The van der Waals surface area contributed by atoms with Gasteiger partial charge in [-0.1, -0.05) is 89.8 Å². The highest BCUT2D eigenvalue weighted by molar-refractivity contribution is 5.82. The normalized spacial score (nSPS) is 10.9. The van der Waals surface area contributed by atoms with Gasteiger partial charge in [0.25, 0.3) is 0 Å². The van der Waals surface area contributed by atoms with Crippen molar-refractivity contribution in [2.45, 2.75) is 79.1 Å².